The average molecular weight is 456 g/mol. The molecule has 2 N–H and O–H groups in total. The number of methoxy groups -OCH3 is 1. The highest BCUT2D eigenvalue weighted by atomic mass is 19.4. The first kappa shape index (κ1) is 23.4. The Hall–Kier alpha value is -4.27. The van der Waals surface area contributed by atoms with Crippen LogP contribution in [-0.2, 0) is 4.79 Å². The average Bonchev–Trinajstić information content (AvgIpc) is 2.79. The van der Waals surface area contributed by atoms with E-state index in [-0.39, 0.29) is 11.4 Å². The fourth-order valence-corrected chi connectivity index (χ4v) is 2.78. The lowest BCUT2D eigenvalue weighted by Gasteiger charge is -2.13. The lowest BCUT2D eigenvalue weighted by Crippen LogP contribution is -2.30. The Morgan fingerprint density at radius 1 is 0.879 bits per heavy atom. The number of hydrogen-bond donors (Lipinski definition) is 2. The van der Waals surface area contributed by atoms with Crippen LogP contribution in [0.1, 0.15) is 15.9 Å². The molecule has 33 heavy (non-hydrogen) atoms. The van der Waals surface area contributed by atoms with Crippen molar-refractivity contribution in [3.63, 3.8) is 0 Å². The molecule has 0 unspecified atom stereocenters. The highest BCUT2D eigenvalue weighted by Gasteiger charge is 2.31. The summed E-state index contributed by atoms with van der Waals surface area (Å²) >= 11 is 0. The largest absolute Gasteiger partial charge is 0.573 e. The van der Waals surface area contributed by atoms with E-state index in [2.05, 4.69) is 15.4 Å². The van der Waals surface area contributed by atoms with E-state index in [0.717, 1.165) is 12.1 Å². The van der Waals surface area contributed by atoms with Crippen LogP contribution in [0.15, 0.2) is 84.6 Å². The Balaban J connectivity index is 1.84. The Morgan fingerprint density at radius 3 is 2.21 bits per heavy atom. The van der Waals surface area contributed by atoms with E-state index in [1.54, 1.807) is 54.6 Å². The molecular formula is C24H19F3N2O4. The van der Waals surface area contributed by atoms with Gasteiger partial charge in [0.15, 0.2) is 0 Å². The van der Waals surface area contributed by atoms with Crippen LogP contribution in [0, 0.1) is 0 Å². The second kappa shape index (κ2) is 10.4. The maximum atomic E-state index is 12.9. The van der Waals surface area contributed by atoms with Gasteiger partial charge in [-0.1, -0.05) is 30.3 Å². The molecule has 3 aromatic rings. The topological polar surface area (TPSA) is 76.7 Å². The van der Waals surface area contributed by atoms with Crippen molar-refractivity contribution in [1.29, 1.82) is 0 Å². The quantitative estimate of drug-likeness (QED) is 0.491. The van der Waals surface area contributed by atoms with Crippen LogP contribution in [0.25, 0.3) is 6.08 Å². The van der Waals surface area contributed by atoms with Gasteiger partial charge in [-0.3, -0.25) is 9.59 Å². The number of rotatable bonds is 7. The first-order valence-corrected chi connectivity index (χ1v) is 9.63. The van der Waals surface area contributed by atoms with Crippen molar-refractivity contribution in [3.8, 4) is 11.5 Å². The molecule has 6 nitrogen and oxygen atoms in total. The van der Waals surface area contributed by atoms with Gasteiger partial charge < -0.3 is 20.1 Å². The third-order valence-electron chi connectivity index (χ3n) is 4.28. The van der Waals surface area contributed by atoms with Crippen molar-refractivity contribution in [2.75, 3.05) is 12.4 Å². The van der Waals surface area contributed by atoms with Gasteiger partial charge in [-0.05, 0) is 60.2 Å². The summed E-state index contributed by atoms with van der Waals surface area (Å²) in [4.78, 5) is 25.5. The highest BCUT2D eigenvalue weighted by Crippen LogP contribution is 2.24. The van der Waals surface area contributed by atoms with E-state index < -0.39 is 23.9 Å². The summed E-state index contributed by atoms with van der Waals surface area (Å²) in [5.74, 6) is -1.05. The molecule has 0 bridgehead atoms. The predicted octanol–water partition coefficient (Wildman–Crippen LogP) is 5.00. The molecule has 0 spiro atoms. The van der Waals surface area contributed by atoms with Crippen LogP contribution in [0.3, 0.4) is 0 Å². The van der Waals surface area contributed by atoms with Gasteiger partial charge in [-0.15, -0.1) is 13.2 Å². The lowest BCUT2D eigenvalue weighted by molar-refractivity contribution is -0.274. The molecular weight excluding hydrogens is 437 g/mol. The third kappa shape index (κ3) is 7.13. The first-order valence-electron chi connectivity index (χ1n) is 9.63. The number of nitrogens with one attached hydrogen (secondary N) is 2. The van der Waals surface area contributed by atoms with Gasteiger partial charge in [0.1, 0.15) is 17.2 Å². The number of carbonyl (C=O) groups excluding carboxylic acids is 2. The molecule has 170 valence electrons. The monoisotopic (exact) mass is 456 g/mol. The molecule has 0 aromatic heterocycles. The Bertz CT molecular complexity index is 1140. The van der Waals surface area contributed by atoms with E-state index in [1.165, 1.54) is 25.3 Å². The minimum Gasteiger partial charge on any atom is -0.497 e. The van der Waals surface area contributed by atoms with E-state index in [0.29, 0.717) is 16.9 Å². The molecule has 2 amide bonds. The van der Waals surface area contributed by atoms with Gasteiger partial charge in [0, 0.05) is 11.3 Å². The number of alkyl halides is 3. The molecule has 0 fully saturated rings. The summed E-state index contributed by atoms with van der Waals surface area (Å²) in [5.41, 5.74) is 1.06. The predicted molar refractivity (Wildman–Crippen MR) is 117 cm³/mol. The van der Waals surface area contributed by atoms with Crippen LogP contribution >= 0.6 is 0 Å². The molecule has 0 aliphatic heterocycles. The maximum absolute atomic E-state index is 12.9. The molecule has 0 heterocycles. The smallest absolute Gasteiger partial charge is 0.497 e. The van der Waals surface area contributed by atoms with E-state index in [1.807, 2.05) is 0 Å². The molecule has 9 heteroatoms. The van der Waals surface area contributed by atoms with Crippen LogP contribution < -0.4 is 20.1 Å². The summed E-state index contributed by atoms with van der Waals surface area (Å²) in [6.07, 6.45) is -3.36. The number of ether oxygens (including phenoxy) is 2. The summed E-state index contributed by atoms with van der Waals surface area (Å²) in [5, 5.41) is 5.13. The third-order valence-corrected chi connectivity index (χ3v) is 4.28. The van der Waals surface area contributed by atoms with Gasteiger partial charge in [0.2, 0.25) is 0 Å². The fourth-order valence-electron chi connectivity index (χ4n) is 2.78. The lowest BCUT2D eigenvalue weighted by atomic mass is 10.1. The zero-order valence-electron chi connectivity index (χ0n) is 17.3. The van der Waals surface area contributed by atoms with Crippen molar-refractivity contribution >= 4 is 23.6 Å². The van der Waals surface area contributed by atoms with Gasteiger partial charge in [-0.2, -0.15) is 0 Å². The van der Waals surface area contributed by atoms with Crippen LogP contribution in [0.2, 0.25) is 0 Å². The molecule has 0 radical (unpaired) electrons. The number of amides is 2. The van der Waals surface area contributed by atoms with Gasteiger partial charge in [0.25, 0.3) is 11.8 Å². The molecule has 3 rings (SSSR count). The number of benzene rings is 3. The molecule has 0 saturated carbocycles. The highest BCUT2D eigenvalue weighted by molar-refractivity contribution is 6.10. The van der Waals surface area contributed by atoms with Crippen LogP contribution in [0.4, 0.5) is 18.9 Å². The van der Waals surface area contributed by atoms with Crippen LogP contribution in [0.5, 0.6) is 11.5 Å². The summed E-state index contributed by atoms with van der Waals surface area (Å²) in [7, 11) is 1.50. The minimum absolute atomic E-state index is 0.0762. The summed E-state index contributed by atoms with van der Waals surface area (Å²) in [6.45, 7) is 0. The molecule has 0 aliphatic rings. The Morgan fingerprint density at radius 2 is 1.58 bits per heavy atom. The van der Waals surface area contributed by atoms with Crippen molar-refractivity contribution in [2.45, 2.75) is 6.36 Å². The summed E-state index contributed by atoms with van der Waals surface area (Å²) in [6, 6.07) is 19.8. The SMILES string of the molecule is COc1cccc(/C=C(\NC(=O)c2ccccc2)C(=O)Nc2ccc(OC(F)(F)F)cc2)c1. The molecule has 0 saturated heterocycles. The number of hydrogen-bond acceptors (Lipinski definition) is 4. The minimum atomic E-state index is -4.82. The number of halogens is 3. The van der Waals surface area contributed by atoms with Gasteiger partial charge >= 0.3 is 6.36 Å². The molecule has 0 aliphatic carbocycles. The van der Waals surface area contributed by atoms with Crippen molar-refractivity contribution in [3.05, 3.63) is 95.7 Å². The second-order valence-corrected chi connectivity index (χ2v) is 6.68. The maximum Gasteiger partial charge on any atom is 0.573 e. The van der Waals surface area contributed by atoms with Crippen molar-refractivity contribution < 1.29 is 32.2 Å². The normalized spacial score (nSPS) is 11.5. The van der Waals surface area contributed by atoms with E-state index in [9.17, 15) is 22.8 Å². The number of carbonyl (C=O) groups is 2. The Labute approximate surface area is 187 Å². The zero-order valence-corrected chi connectivity index (χ0v) is 17.3. The van der Waals surface area contributed by atoms with E-state index >= 15 is 0 Å². The van der Waals surface area contributed by atoms with Crippen molar-refractivity contribution in [2.24, 2.45) is 0 Å². The van der Waals surface area contributed by atoms with E-state index in [4.69, 9.17) is 4.74 Å². The van der Waals surface area contributed by atoms with Crippen LogP contribution in [-0.4, -0.2) is 25.3 Å². The first-order chi connectivity index (χ1) is 15.7. The summed E-state index contributed by atoms with van der Waals surface area (Å²) < 4.78 is 46.0. The second-order valence-electron chi connectivity index (χ2n) is 6.68. The zero-order chi connectivity index (χ0) is 23.8. The van der Waals surface area contributed by atoms with Gasteiger partial charge in [0.05, 0.1) is 7.11 Å². The Kier molecular flexibility index (Phi) is 7.34. The number of anilines is 1. The standard InChI is InChI=1S/C24H19F3N2O4/c1-32-20-9-5-6-16(14-20)15-21(29-22(30)17-7-3-2-4-8-17)23(31)28-18-10-12-19(13-11-18)33-24(25,26)27/h2-15H,1H3,(H,28,31)(H,29,30)/b21-15-. The van der Waals surface area contributed by atoms with Gasteiger partial charge in [-0.25, -0.2) is 0 Å². The van der Waals surface area contributed by atoms with Crippen molar-refractivity contribution in [1.82, 2.24) is 5.32 Å². The fraction of sp³-hybridized carbons (Fsp3) is 0.0833. The molecule has 0 atom stereocenters. The molecule has 3 aromatic carbocycles.